The largest absolute Gasteiger partial charge is 0.334 e. The summed E-state index contributed by atoms with van der Waals surface area (Å²) in [7, 11) is 2.02. The van der Waals surface area contributed by atoms with Gasteiger partial charge >= 0.3 is 0 Å². The van der Waals surface area contributed by atoms with Gasteiger partial charge in [-0.15, -0.1) is 11.6 Å². The van der Waals surface area contributed by atoms with E-state index in [9.17, 15) is 0 Å². The molecule has 0 aliphatic carbocycles. The van der Waals surface area contributed by atoms with Gasteiger partial charge < -0.3 is 4.57 Å². The number of aromatic nitrogens is 2. The Morgan fingerprint density at radius 3 is 2.71 bits per heavy atom. The molecule has 3 nitrogen and oxygen atoms in total. The van der Waals surface area contributed by atoms with Crippen LogP contribution in [0.1, 0.15) is 44.1 Å². The van der Waals surface area contributed by atoms with E-state index in [1.165, 1.54) is 24.8 Å². The smallest absolute Gasteiger partial charge is 0.0955 e. The molecule has 0 bridgehead atoms. The zero-order chi connectivity index (χ0) is 15.0. The molecule has 0 saturated carbocycles. The van der Waals surface area contributed by atoms with Crippen molar-refractivity contribution < 1.29 is 0 Å². The molecule has 4 heteroatoms. The van der Waals surface area contributed by atoms with E-state index in [-0.39, 0.29) is 5.38 Å². The van der Waals surface area contributed by atoms with Gasteiger partial charge in [0.05, 0.1) is 22.7 Å². The van der Waals surface area contributed by atoms with Crippen LogP contribution in [-0.4, -0.2) is 33.1 Å². The maximum Gasteiger partial charge on any atom is 0.0955 e. The summed E-state index contributed by atoms with van der Waals surface area (Å²) in [5, 5.41) is 0.0272. The first-order chi connectivity index (χ1) is 10.1. The van der Waals surface area contributed by atoms with Crippen molar-refractivity contribution in [3.05, 3.63) is 30.1 Å². The maximum absolute atomic E-state index is 6.70. The summed E-state index contributed by atoms with van der Waals surface area (Å²) in [6.07, 6.45) is 5.76. The van der Waals surface area contributed by atoms with Gasteiger partial charge in [-0.05, 0) is 44.4 Å². The molecule has 1 aromatic carbocycles. The van der Waals surface area contributed by atoms with E-state index in [0.29, 0.717) is 12.1 Å². The second-order valence-electron chi connectivity index (χ2n) is 6.40. The van der Waals surface area contributed by atoms with E-state index in [1.54, 1.807) is 0 Å². The number of likely N-dealkylation sites (tertiary alicyclic amines) is 1. The third kappa shape index (κ3) is 2.95. The van der Waals surface area contributed by atoms with Gasteiger partial charge in [-0.2, -0.15) is 0 Å². The number of rotatable bonds is 3. The van der Waals surface area contributed by atoms with Crippen LogP contribution in [-0.2, 0) is 7.05 Å². The highest BCUT2D eigenvalue weighted by Crippen LogP contribution is 2.30. The van der Waals surface area contributed by atoms with Crippen molar-refractivity contribution in [2.75, 3.05) is 6.54 Å². The second-order valence-corrected chi connectivity index (χ2v) is 6.92. The molecule has 1 aliphatic heterocycles. The minimum Gasteiger partial charge on any atom is -0.334 e. The number of hydrogen-bond donors (Lipinski definition) is 0. The lowest BCUT2D eigenvalue weighted by Gasteiger charge is -2.40. The first-order valence-electron chi connectivity index (χ1n) is 7.87. The molecule has 2 aromatic rings. The van der Waals surface area contributed by atoms with Crippen LogP contribution in [0.5, 0.6) is 0 Å². The lowest BCUT2D eigenvalue weighted by atomic mass is 9.96. The number of halogens is 1. The average molecular weight is 306 g/mol. The number of piperidine rings is 1. The number of alkyl halides is 1. The summed E-state index contributed by atoms with van der Waals surface area (Å²) >= 11 is 6.70. The van der Waals surface area contributed by atoms with Crippen molar-refractivity contribution in [2.45, 2.75) is 50.6 Å². The van der Waals surface area contributed by atoms with Gasteiger partial charge in [-0.1, -0.05) is 12.5 Å². The molecule has 0 N–H and O–H groups in total. The van der Waals surface area contributed by atoms with Crippen molar-refractivity contribution in [1.82, 2.24) is 14.5 Å². The van der Waals surface area contributed by atoms with Crippen LogP contribution in [0.2, 0.25) is 0 Å². The lowest BCUT2D eigenvalue weighted by molar-refractivity contribution is 0.103. The highest BCUT2D eigenvalue weighted by molar-refractivity contribution is 6.21. The Kier molecular flexibility index (Phi) is 4.23. The van der Waals surface area contributed by atoms with Gasteiger partial charge in [0, 0.05) is 25.7 Å². The highest BCUT2D eigenvalue weighted by atomic mass is 35.5. The average Bonchev–Trinajstić information content (AvgIpc) is 2.84. The molecule has 1 saturated heterocycles. The van der Waals surface area contributed by atoms with E-state index in [0.717, 1.165) is 17.6 Å². The Labute approximate surface area is 131 Å². The van der Waals surface area contributed by atoms with Gasteiger partial charge in [0.2, 0.25) is 0 Å². The molecule has 3 rings (SSSR count). The summed E-state index contributed by atoms with van der Waals surface area (Å²) in [6.45, 7) is 5.56. The number of hydrogen-bond acceptors (Lipinski definition) is 2. The standard InChI is InChI=1S/C17H24ClN3/c1-12-5-4-6-13(2)21(12)10-15(18)14-7-8-17-16(9-14)19-11-20(17)3/h7-9,11-13,15H,4-6,10H2,1-3H3. The number of benzene rings is 1. The van der Waals surface area contributed by atoms with Crippen LogP contribution in [0, 0.1) is 0 Å². The molecular formula is C17H24ClN3. The molecule has 0 spiro atoms. The molecule has 1 fully saturated rings. The Balaban J connectivity index is 1.78. The first-order valence-corrected chi connectivity index (χ1v) is 8.30. The number of nitrogens with zero attached hydrogens (tertiary/aromatic N) is 3. The third-order valence-electron chi connectivity index (χ3n) is 4.86. The number of fused-ring (bicyclic) bond motifs is 1. The van der Waals surface area contributed by atoms with Gasteiger partial charge in [0.25, 0.3) is 0 Å². The molecule has 2 heterocycles. The number of aryl methyl sites for hydroxylation is 1. The molecular weight excluding hydrogens is 282 g/mol. The SMILES string of the molecule is CC1CCCC(C)N1CC(Cl)c1ccc2c(c1)ncn2C. The predicted octanol–water partition coefficient (Wildman–Crippen LogP) is 4.12. The lowest BCUT2D eigenvalue weighted by Crippen LogP contribution is -2.45. The van der Waals surface area contributed by atoms with Crippen LogP contribution < -0.4 is 0 Å². The Bertz CT molecular complexity index is 612. The molecule has 3 atom stereocenters. The summed E-state index contributed by atoms with van der Waals surface area (Å²) in [4.78, 5) is 6.99. The van der Waals surface area contributed by atoms with Crippen molar-refractivity contribution in [1.29, 1.82) is 0 Å². The van der Waals surface area contributed by atoms with Crippen LogP contribution in [0.25, 0.3) is 11.0 Å². The maximum atomic E-state index is 6.70. The Morgan fingerprint density at radius 1 is 1.29 bits per heavy atom. The normalized spacial score (nSPS) is 25.3. The molecule has 114 valence electrons. The fraction of sp³-hybridized carbons (Fsp3) is 0.588. The van der Waals surface area contributed by atoms with Gasteiger partial charge in [-0.3, -0.25) is 4.90 Å². The molecule has 1 aromatic heterocycles. The second kappa shape index (κ2) is 5.98. The summed E-state index contributed by atoms with van der Waals surface area (Å²) < 4.78 is 2.04. The predicted molar refractivity (Wildman–Crippen MR) is 88.8 cm³/mol. The monoisotopic (exact) mass is 305 g/mol. The Morgan fingerprint density at radius 2 is 2.00 bits per heavy atom. The van der Waals surface area contributed by atoms with Gasteiger partial charge in [0.1, 0.15) is 0 Å². The minimum atomic E-state index is 0.0272. The molecule has 0 radical (unpaired) electrons. The molecule has 21 heavy (non-hydrogen) atoms. The van der Waals surface area contributed by atoms with Crippen molar-refractivity contribution in [2.24, 2.45) is 7.05 Å². The van der Waals surface area contributed by atoms with E-state index >= 15 is 0 Å². The van der Waals surface area contributed by atoms with Crippen LogP contribution >= 0.6 is 11.6 Å². The van der Waals surface area contributed by atoms with Crippen molar-refractivity contribution in [3.8, 4) is 0 Å². The topological polar surface area (TPSA) is 21.1 Å². The third-order valence-corrected chi connectivity index (χ3v) is 5.25. The zero-order valence-corrected chi connectivity index (χ0v) is 13.8. The van der Waals surface area contributed by atoms with Gasteiger partial charge in [0.15, 0.2) is 0 Å². The van der Waals surface area contributed by atoms with Gasteiger partial charge in [-0.25, -0.2) is 4.98 Å². The van der Waals surface area contributed by atoms with E-state index < -0.39 is 0 Å². The minimum absolute atomic E-state index is 0.0272. The zero-order valence-electron chi connectivity index (χ0n) is 13.1. The molecule has 1 aliphatic rings. The summed E-state index contributed by atoms with van der Waals surface area (Å²) in [6, 6.07) is 7.66. The van der Waals surface area contributed by atoms with E-state index in [1.807, 2.05) is 17.9 Å². The fourth-order valence-corrected chi connectivity index (χ4v) is 3.77. The van der Waals surface area contributed by atoms with Crippen molar-refractivity contribution in [3.63, 3.8) is 0 Å². The van der Waals surface area contributed by atoms with Crippen LogP contribution in [0.4, 0.5) is 0 Å². The Hall–Kier alpha value is -1.06. The molecule has 0 amide bonds. The summed E-state index contributed by atoms with van der Waals surface area (Å²) in [5.41, 5.74) is 3.36. The van der Waals surface area contributed by atoms with Crippen LogP contribution in [0.15, 0.2) is 24.5 Å². The number of imidazole rings is 1. The highest BCUT2D eigenvalue weighted by Gasteiger charge is 2.26. The summed E-state index contributed by atoms with van der Waals surface area (Å²) in [5.74, 6) is 0. The fourth-order valence-electron chi connectivity index (χ4n) is 3.47. The quantitative estimate of drug-likeness (QED) is 0.796. The van der Waals surface area contributed by atoms with Crippen LogP contribution in [0.3, 0.4) is 0 Å². The van der Waals surface area contributed by atoms with Crippen molar-refractivity contribution >= 4 is 22.6 Å². The van der Waals surface area contributed by atoms with E-state index in [4.69, 9.17) is 11.6 Å². The molecule has 3 unspecified atom stereocenters. The van der Waals surface area contributed by atoms with E-state index in [2.05, 4.69) is 41.9 Å². The first kappa shape index (κ1) is 14.9.